The lowest BCUT2D eigenvalue weighted by molar-refractivity contribution is 0.146. The Balaban J connectivity index is 2.73. The number of hydrogen-bond donors (Lipinski definition) is 3. The van der Waals surface area contributed by atoms with Gasteiger partial charge in [-0.2, -0.15) is 0 Å². The maximum absolute atomic E-state index is 8.70. The van der Waals surface area contributed by atoms with Gasteiger partial charge in [-0.25, -0.2) is 9.67 Å². The Kier molecular flexibility index (Phi) is 2.40. The number of nitrogens with zero attached hydrogens (tertiary/aromatic N) is 3. The maximum Gasteiger partial charge on any atom is 0.239 e. The monoisotopic (exact) mass is 158 g/mol. The van der Waals surface area contributed by atoms with Crippen LogP contribution in [0.25, 0.3) is 0 Å². The number of anilines is 1. The third kappa shape index (κ3) is 1.66. The van der Waals surface area contributed by atoms with Gasteiger partial charge in [-0.3, -0.25) is 0 Å². The molecule has 1 rings (SSSR count). The first-order chi connectivity index (χ1) is 5.27. The Hall–Kier alpha value is -1.14. The molecule has 0 aromatic carbocycles. The predicted molar refractivity (Wildman–Crippen MR) is 37.6 cm³/mol. The van der Waals surface area contributed by atoms with Gasteiger partial charge in [0.1, 0.15) is 6.33 Å². The van der Waals surface area contributed by atoms with E-state index < -0.39 is 6.04 Å². The summed E-state index contributed by atoms with van der Waals surface area (Å²) in [6.07, 6.45) is 1.37. The first kappa shape index (κ1) is 7.96. The SMILES string of the molecule is Nc1ncn(C(CO)CO)n1. The molecule has 6 nitrogen and oxygen atoms in total. The van der Waals surface area contributed by atoms with E-state index in [2.05, 4.69) is 10.1 Å². The summed E-state index contributed by atoms with van der Waals surface area (Å²) in [5, 5.41) is 21.1. The minimum Gasteiger partial charge on any atom is -0.394 e. The fourth-order valence-corrected chi connectivity index (χ4v) is 0.689. The van der Waals surface area contributed by atoms with Crippen LogP contribution in [-0.4, -0.2) is 38.2 Å². The highest BCUT2D eigenvalue weighted by atomic mass is 16.3. The van der Waals surface area contributed by atoms with E-state index in [-0.39, 0.29) is 19.2 Å². The van der Waals surface area contributed by atoms with Crippen molar-refractivity contribution in [2.24, 2.45) is 0 Å². The molecule has 0 saturated heterocycles. The van der Waals surface area contributed by atoms with Crippen molar-refractivity contribution in [1.29, 1.82) is 0 Å². The zero-order chi connectivity index (χ0) is 8.27. The summed E-state index contributed by atoms with van der Waals surface area (Å²) in [7, 11) is 0. The summed E-state index contributed by atoms with van der Waals surface area (Å²) >= 11 is 0. The zero-order valence-electron chi connectivity index (χ0n) is 5.88. The lowest BCUT2D eigenvalue weighted by Crippen LogP contribution is -2.17. The first-order valence-corrected chi connectivity index (χ1v) is 3.16. The molecular weight excluding hydrogens is 148 g/mol. The van der Waals surface area contributed by atoms with Crippen molar-refractivity contribution in [3.63, 3.8) is 0 Å². The fourth-order valence-electron chi connectivity index (χ4n) is 0.689. The highest BCUT2D eigenvalue weighted by Crippen LogP contribution is 2.02. The van der Waals surface area contributed by atoms with Gasteiger partial charge in [-0.05, 0) is 0 Å². The molecule has 1 aromatic heterocycles. The van der Waals surface area contributed by atoms with Gasteiger partial charge in [-0.1, -0.05) is 0 Å². The van der Waals surface area contributed by atoms with E-state index in [1.54, 1.807) is 0 Å². The Bertz CT molecular complexity index is 220. The number of aliphatic hydroxyl groups is 2. The van der Waals surface area contributed by atoms with Gasteiger partial charge in [0.2, 0.25) is 5.95 Å². The predicted octanol–water partition coefficient (Wildman–Crippen LogP) is -1.61. The van der Waals surface area contributed by atoms with Crippen molar-refractivity contribution in [3.8, 4) is 0 Å². The van der Waals surface area contributed by atoms with Crippen LogP contribution in [0.5, 0.6) is 0 Å². The summed E-state index contributed by atoms with van der Waals surface area (Å²) in [6.45, 7) is -0.362. The number of nitrogen functional groups attached to an aromatic ring is 1. The Labute approximate surface area is 63.3 Å². The van der Waals surface area contributed by atoms with Gasteiger partial charge in [0.15, 0.2) is 0 Å². The topological polar surface area (TPSA) is 97.2 Å². The third-order valence-electron chi connectivity index (χ3n) is 1.32. The lowest BCUT2D eigenvalue weighted by atomic mass is 10.3. The lowest BCUT2D eigenvalue weighted by Gasteiger charge is -2.08. The summed E-state index contributed by atoms with van der Waals surface area (Å²) in [4.78, 5) is 3.64. The van der Waals surface area contributed by atoms with Crippen LogP contribution in [-0.2, 0) is 0 Å². The van der Waals surface area contributed by atoms with Gasteiger partial charge in [0.05, 0.1) is 19.3 Å². The molecular formula is C5H10N4O2. The largest absolute Gasteiger partial charge is 0.394 e. The molecule has 0 bridgehead atoms. The molecule has 0 aliphatic rings. The molecule has 0 aliphatic carbocycles. The standard InChI is InChI=1S/C5H10N4O2/c6-5-7-3-9(8-5)4(1-10)2-11/h3-4,10-11H,1-2H2,(H2,6,8). The molecule has 4 N–H and O–H groups in total. The van der Waals surface area contributed by atoms with Crippen LogP contribution in [0.1, 0.15) is 6.04 Å². The van der Waals surface area contributed by atoms with Crippen molar-refractivity contribution in [2.75, 3.05) is 18.9 Å². The molecule has 0 radical (unpaired) electrons. The van der Waals surface area contributed by atoms with Crippen molar-refractivity contribution >= 4 is 5.95 Å². The molecule has 1 aromatic rings. The fraction of sp³-hybridized carbons (Fsp3) is 0.600. The zero-order valence-corrected chi connectivity index (χ0v) is 5.88. The van der Waals surface area contributed by atoms with Crippen LogP contribution < -0.4 is 5.73 Å². The molecule has 62 valence electrons. The average Bonchev–Trinajstić information content (AvgIpc) is 2.39. The molecule has 0 saturated carbocycles. The summed E-state index contributed by atoms with van der Waals surface area (Å²) < 4.78 is 1.33. The van der Waals surface area contributed by atoms with Crippen molar-refractivity contribution in [3.05, 3.63) is 6.33 Å². The van der Waals surface area contributed by atoms with Crippen LogP contribution in [0, 0.1) is 0 Å². The van der Waals surface area contributed by atoms with E-state index >= 15 is 0 Å². The second-order valence-corrected chi connectivity index (χ2v) is 2.10. The van der Waals surface area contributed by atoms with Gasteiger partial charge in [0.25, 0.3) is 0 Å². The van der Waals surface area contributed by atoms with E-state index in [0.29, 0.717) is 0 Å². The normalized spacial score (nSPS) is 10.8. The minimum absolute atomic E-state index is 0.136. The minimum atomic E-state index is -0.445. The molecule has 6 heteroatoms. The Morgan fingerprint density at radius 3 is 2.55 bits per heavy atom. The number of nitrogens with two attached hydrogens (primary N) is 1. The Morgan fingerprint density at radius 2 is 2.18 bits per heavy atom. The summed E-state index contributed by atoms with van der Waals surface area (Å²) in [6, 6.07) is -0.445. The van der Waals surface area contributed by atoms with Gasteiger partial charge < -0.3 is 15.9 Å². The van der Waals surface area contributed by atoms with E-state index in [1.807, 2.05) is 0 Å². The summed E-state index contributed by atoms with van der Waals surface area (Å²) in [5.41, 5.74) is 5.22. The molecule has 0 unspecified atom stereocenters. The van der Waals surface area contributed by atoms with Gasteiger partial charge >= 0.3 is 0 Å². The highest BCUT2D eigenvalue weighted by Gasteiger charge is 2.08. The number of hydrogen-bond acceptors (Lipinski definition) is 5. The molecule has 11 heavy (non-hydrogen) atoms. The number of aliphatic hydroxyl groups excluding tert-OH is 2. The van der Waals surface area contributed by atoms with E-state index in [0.717, 1.165) is 0 Å². The van der Waals surface area contributed by atoms with Crippen LogP contribution in [0.4, 0.5) is 5.95 Å². The molecule has 0 fully saturated rings. The van der Waals surface area contributed by atoms with E-state index in [1.165, 1.54) is 11.0 Å². The van der Waals surface area contributed by atoms with Gasteiger partial charge in [0, 0.05) is 0 Å². The van der Waals surface area contributed by atoms with Gasteiger partial charge in [-0.15, -0.1) is 5.10 Å². The molecule has 0 aliphatic heterocycles. The van der Waals surface area contributed by atoms with Crippen LogP contribution >= 0.6 is 0 Å². The quantitative estimate of drug-likeness (QED) is 0.491. The van der Waals surface area contributed by atoms with E-state index in [9.17, 15) is 0 Å². The molecule has 0 spiro atoms. The van der Waals surface area contributed by atoms with E-state index in [4.69, 9.17) is 15.9 Å². The van der Waals surface area contributed by atoms with Crippen molar-refractivity contribution in [2.45, 2.75) is 6.04 Å². The van der Waals surface area contributed by atoms with Crippen molar-refractivity contribution in [1.82, 2.24) is 14.8 Å². The molecule has 1 heterocycles. The van der Waals surface area contributed by atoms with Crippen LogP contribution in [0.15, 0.2) is 6.33 Å². The Morgan fingerprint density at radius 1 is 1.55 bits per heavy atom. The average molecular weight is 158 g/mol. The maximum atomic E-state index is 8.70. The van der Waals surface area contributed by atoms with Crippen LogP contribution in [0.3, 0.4) is 0 Å². The third-order valence-corrected chi connectivity index (χ3v) is 1.32. The van der Waals surface area contributed by atoms with Crippen LogP contribution in [0.2, 0.25) is 0 Å². The smallest absolute Gasteiger partial charge is 0.239 e. The van der Waals surface area contributed by atoms with Crippen molar-refractivity contribution < 1.29 is 10.2 Å². The summed E-state index contributed by atoms with van der Waals surface area (Å²) in [5.74, 6) is 0.136. The number of aromatic nitrogens is 3. The second-order valence-electron chi connectivity index (χ2n) is 2.10. The second kappa shape index (κ2) is 3.31. The number of rotatable bonds is 3. The molecule has 0 amide bonds. The molecule has 0 atom stereocenters. The highest BCUT2D eigenvalue weighted by molar-refractivity contribution is 5.09. The first-order valence-electron chi connectivity index (χ1n) is 3.16.